The number of nitro benzene ring substituents is 1. The van der Waals surface area contributed by atoms with E-state index in [0.29, 0.717) is 12.1 Å². The van der Waals surface area contributed by atoms with Crippen molar-refractivity contribution in [3.63, 3.8) is 0 Å². The Morgan fingerprint density at radius 1 is 1.00 bits per heavy atom. The molecule has 0 spiro atoms. The van der Waals surface area contributed by atoms with Crippen LogP contribution in [0.4, 0.5) is 18.9 Å². The normalized spacial score (nSPS) is 15.6. The number of sulfonamides is 1. The number of carbonyl (C=O) groups excluding carboxylic acids is 1. The summed E-state index contributed by atoms with van der Waals surface area (Å²) < 4.78 is 64.5. The van der Waals surface area contributed by atoms with Gasteiger partial charge in [-0.1, -0.05) is 18.2 Å². The van der Waals surface area contributed by atoms with Gasteiger partial charge >= 0.3 is 6.18 Å². The van der Waals surface area contributed by atoms with E-state index in [0.717, 1.165) is 16.4 Å². The number of rotatable bonds is 5. The lowest BCUT2D eigenvalue weighted by atomic mass is 10.1. The van der Waals surface area contributed by atoms with Crippen LogP contribution in [0.5, 0.6) is 0 Å². The molecule has 0 N–H and O–H groups in total. The molecule has 0 saturated carbocycles. The molecule has 1 heterocycles. The fraction of sp³-hybridized carbons (Fsp3) is 0.316. The first kappa shape index (κ1) is 22.7. The summed E-state index contributed by atoms with van der Waals surface area (Å²) in [7, 11) is -4.01. The van der Waals surface area contributed by atoms with E-state index in [2.05, 4.69) is 0 Å². The van der Waals surface area contributed by atoms with Crippen molar-refractivity contribution in [2.45, 2.75) is 17.5 Å². The highest BCUT2D eigenvalue weighted by molar-refractivity contribution is 7.89. The van der Waals surface area contributed by atoms with Crippen LogP contribution in [0.3, 0.4) is 0 Å². The van der Waals surface area contributed by atoms with Crippen molar-refractivity contribution in [2.24, 2.45) is 0 Å². The third-order valence-electron chi connectivity index (χ3n) is 4.94. The zero-order chi connectivity index (χ0) is 22.8. The number of nitro groups is 1. The minimum atomic E-state index is -4.57. The van der Waals surface area contributed by atoms with Crippen molar-refractivity contribution in [1.29, 1.82) is 0 Å². The molecule has 31 heavy (non-hydrogen) atoms. The first-order valence-electron chi connectivity index (χ1n) is 9.17. The number of nitrogens with zero attached hydrogens (tertiary/aromatic N) is 3. The first-order valence-corrected chi connectivity index (χ1v) is 10.6. The van der Waals surface area contributed by atoms with Gasteiger partial charge in [0.05, 0.1) is 21.8 Å². The molecule has 3 rings (SSSR count). The summed E-state index contributed by atoms with van der Waals surface area (Å²) in [5.74, 6) is -0.374. The molecule has 12 heteroatoms. The van der Waals surface area contributed by atoms with Crippen LogP contribution < -0.4 is 0 Å². The van der Waals surface area contributed by atoms with Crippen LogP contribution in [0, 0.1) is 10.1 Å². The van der Waals surface area contributed by atoms with Crippen molar-refractivity contribution >= 4 is 21.6 Å². The zero-order valence-corrected chi connectivity index (χ0v) is 16.9. The van der Waals surface area contributed by atoms with Gasteiger partial charge in [-0.25, -0.2) is 8.42 Å². The van der Waals surface area contributed by atoms with E-state index < -0.39 is 26.7 Å². The summed E-state index contributed by atoms with van der Waals surface area (Å²) in [6.07, 6.45) is -4.76. The van der Waals surface area contributed by atoms with Crippen LogP contribution >= 0.6 is 0 Å². The van der Waals surface area contributed by atoms with Crippen LogP contribution in [-0.2, 0) is 27.4 Å². The third-order valence-corrected chi connectivity index (χ3v) is 6.85. The molecule has 1 aliphatic heterocycles. The SMILES string of the molecule is O=C(Cc1ccccc1[N+](=O)[O-])N1CCN(S(=O)(=O)c2ccc(C(F)(F)F)cc2)CC1. The van der Waals surface area contributed by atoms with E-state index in [1.165, 1.54) is 23.1 Å². The van der Waals surface area contributed by atoms with E-state index in [1.54, 1.807) is 6.07 Å². The minimum Gasteiger partial charge on any atom is -0.340 e. The molecular formula is C19H18F3N3O5S. The number of amides is 1. The Morgan fingerprint density at radius 2 is 1.58 bits per heavy atom. The van der Waals surface area contributed by atoms with E-state index in [1.807, 2.05) is 0 Å². The highest BCUT2D eigenvalue weighted by Gasteiger charge is 2.33. The van der Waals surface area contributed by atoms with Crippen LogP contribution in [0.15, 0.2) is 53.4 Å². The monoisotopic (exact) mass is 457 g/mol. The summed E-state index contributed by atoms with van der Waals surface area (Å²) in [6, 6.07) is 9.10. The average molecular weight is 457 g/mol. The Bertz CT molecular complexity index is 1080. The number of piperazine rings is 1. The largest absolute Gasteiger partial charge is 0.416 e. The second-order valence-corrected chi connectivity index (χ2v) is 8.81. The van der Waals surface area contributed by atoms with E-state index in [9.17, 15) is 36.5 Å². The van der Waals surface area contributed by atoms with Gasteiger partial charge in [0.1, 0.15) is 0 Å². The molecular weight excluding hydrogens is 439 g/mol. The molecule has 1 saturated heterocycles. The van der Waals surface area contributed by atoms with Gasteiger partial charge in [-0.15, -0.1) is 0 Å². The van der Waals surface area contributed by atoms with Gasteiger partial charge in [-0.05, 0) is 24.3 Å². The van der Waals surface area contributed by atoms with Crippen molar-refractivity contribution in [3.8, 4) is 0 Å². The third kappa shape index (κ3) is 5.02. The molecule has 166 valence electrons. The van der Waals surface area contributed by atoms with Crippen LogP contribution in [0.25, 0.3) is 0 Å². The molecule has 0 atom stereocenters. The standard InChI is InChI=1S/C19H18F3N3O5S/c20-19(21,22)15-5-7-16(8-6-15)31(29,30)24-11-9-23(10-12-24)18(26)13-14-3-1-2-4-17(14)25(27)28/h1-8H,9-13H2. The summed E-state index contributed by atoms with van der Waals surface area (Å²) in [5.41, 5.74) is -0.853. The molecule has 1 fully saturated rings. The van der Waals surface area contributed by atoms with Gasteiger partial charge in [0.15, 0.2) is 0 Å². The second kappa shape index (κ2) is 8.63. The molecule has 2 aromatic rings. The molecule has 0 radical (unpaired) electrons. The fourth-order valence-corrected chi connectivity index (χ4v) is 4.68. The molecule has 8 nitrogen and oxygen atoms in total. The van der Waals surface area contributed by atoms with Gasteiger partial charge in [-0.3, -0.25) is 14.9 Å². The number of alkyl halides is 3. The lowest BCUT2D eigenvalue weighted by Crippen LogP contribution is -2.50. The quantitative estimate of drug-likeness (QED) is 0.508. The molecule has 1 aliphatic rings. The molecule has 0 bridgehead atoms. The molecule has 0 unspecified atom stereocenters. The number of carbonyl (C=O) groups is 1. The second-order valence-electron chi connectivity index (χ2n) is 6.87. The van der Waals surface area contributed by atoms with Crippen LogP contribution in [0.1, 0.15) is 11.1 Å². The van der Waals surface area contributed by atoms with Crippen molar-refractivity contribution in [2.75, 3.05) is 26.2 Å². The van der Waals surface area contributed by atoms with Crippen molar-refractivity contribution < 1.29 is 31.3 Å². The predicted molar refractivity (Wildman–Crippen MR) is 104 cm³/mol. The Hall–Kier alpha value is -2.99. The number of para-hydroxylation sites is 1. The maximum atomic E-state index is 12.7. The number of hydrogen-bond donors (Lipinski definition) is 0. The first-order chi connectivity index (χ1) is 14.5. The minimum absolute atomic E-state index is 0.0357. The highest BCUT2D eigenvalue weighted by Crippen LogP contribution is 2.30. The Labute approximate surface area is 176 Å². The zero-order valence-electron chi connectivity index (χ0n) is 16.1. The summed E-state index contributed by atoms with van der Waals surface area (Å²) in [5, 5.41) is 11.1. The molecule has 1 amide bonds. The lowest BCUT2D eigenvalue weighted by molar-refractivity contribution is -0.385. The van der Waals surface area contributed by atoms with Gasteiger partial charge in [0, 0.05) is 37.8 Å². The van der Waals surface area contributed by atoms with E-state index in [-0.39, 0.29) is 54.7 Å². The Morgan fingerprint density at radius 3 is 2.13 bits per heavy atom. The molecule has 2 aromatic carbocycles. The Kier molecular flexibility index (Phi) is 6.32. The smallest absolute Gasteiger partial charge is 0.340 e. The summed E-state index contributed by atoms with van der Waals surface area (Å²) in [4.78, 5) is 24.2. The topological polar surface area (TPSA) is 101 Å². The molecule has 0 aliphatic carbocycles. The van der Waals surface area contributed by atoms with Crippen molar-refractivity contribution in [3.05, 3.63) is 69.8 Å². The van der Waals surface area contributed by atoms with Gasteiger partial charge in [-0.2, -0.15) is 17.5 Å². The van der Waals surface area contributed by atoms with Crippen molar-refractivity contribution in [1.82, 2.24) is 9.21 Å². The summed E-state index contributed by atoms with van der Waals surface area (Å²) in [6.45, 7) is 0.0661. The van der Waals surface area contributed by atoms with Crippen LogP contribution in [-0.4, -0.2) is 54.6 Å². The number of benzene rings is 2. The van der Waals surface area contributed by atoms with E-state index >= 15 is 0 Å². The Balaban J connectivity index is 1.65. The van der Waals surface area contributed by atoms with Gasteiger partial charge in [0.2, 0.25) is 15.9 Å². The lowest BCUT2D eigenvalue weighted by Gasteiger charge is -2.34. The maximum absolute atomic E-state index is 12.7. The van der Waals surface area contributed by atoms with Crippen LogP contribution in [0.2, 0.25) is 0 Å². The maximum Gasteiger partial charge on any atom is 0.416 e. The average Bonchev–Trinajstić information content (AvgIpc) is 2.73. The fourth-order valence-electron chi connectivity index (χ4n) is 3.26. The predicted octanol–water partition coefficient (Wildman–Crippen LogP) is 2.69. The number of hydrogen-bond acceptors (Lipinski definition) is 5. The number of halogens is 3. The van der Waals surface area contributed by atoms with E-state index in [4.69, 9.17) is 0 Å². The highest BCUT2D eigenvalue weighted by atomic mass is 32.2. The van der Waals surface area contributed by atoms with Gasteiger partial charge in [0.25, 0.3) is 5.69 Å². The van der Waals surface area contributed by atoms with Gasteiger partial charge < -0.3 is 4.90 Å². The summed E-state index contributed by atoms with van der Waals surface area (Å²) >= 11 is 0. The molecule has 0 aromatic heterocycles.